The predicted octanol–water partition coefficient (Wildman–Crippen LogP) is 2.25. The van der Waals surface area contributed by atoms with E-state index in [-0.39, 0.29) is 11.5 Å². The van der Waals surface area contributed by atoms with Crippen LogP contribution in [0.5, 0.6) is 0 Å². The van der Waals surface area contributed by atoms with Gasteiger partial charge < -0.3 is 15.3 Å². The molecule has 0 aromatic carbocycles. The molecule has 1 fully saturated rings. The number of nitrogens with zero attached hydrogens (tertiary/aromatic N) is 1. The van der Waals surface area contributed by atoms with E-state index in [2.05, 4.69) is 45.0 Å². The van der Waals surface area contributed by atoms with Crippen LogP contribution in [0.15, 0.2) is 0 Å². The average Bonchev–Trinajstić information content (AvgIpc) is 2.29. The molecule has 0 heterocycles. The maximum atomic E-state index is 10.1. The number of hydrogen-bond acceptors (Lipinski definition) is 3. The molecule has 1 rings (SSSR count). The number of likely N-dealkylation sites (N-methyl/N-ethyl adjacent to an activating group) is 1. The van der Waals surface area contributed by atoms with E-state index in [0.29, 0.717) is 12.1 Å². The van der Waals surface area contributed by atoms with Gasteiger partial charge in [0.05, 0.1) is 6.10 Å². The van der Waals surface area contributed by atoms with Crippen molar-refractivity contribution in [2.75, 3.05) is 20.1 Å². The second kappa shape index (κ2) is 6.88. The van der Waals surface area contributed by atoms with Gasteiger partial charge in [-0.1, -0.05) is 33.6 Å². The topological polar surface area (TPSA) is 35.5 Å². The van der Waals surface area contributed by atoms with Crippen molar-refractivity contribution in [2.24, 2.45) is 5.41 Å². The number of hydrogen-bond donors (Lipinski definition) is 2. The maximum Gasteiger partial charge on any atom is 0.0695 e. The number of aliphatic hydroxyl groups excluding tert-OH is 1. The zero-order valence-corrected chi connectivity index (χ0v) is 12.9. The number of nitrogens with one attached hydrogen (secondary N) is 1. The van der Waals surface area contributed by atoms with Crippen LogP contribution < -0.4 is 5.32 Å². The highest BCUT2D eigenvalue weighted by atomic mass is 16.3. The van der Waals surface area contributed by atoms with Gasteiger partial charge in [-0.15, -0.1) is 0 Å². The lowest BCUT2D eigenvalue weighted by molar-refractivity contribution is 0.0124. The molecule has 1 saturated carbocycles. The molecular formula is C15H32N2O. The summed E-state index contributed by atoms with van der Waals surface area (Å²) in [6, 6.07) is 0.845. The summed E-state index contributed by atoms with van der Waals surface area (Å²) < 4.78 is 0. The summed E-state index contributed by atoms with van der Waals surface area (Å²) in [6.45, 7) is 11.1. The summed E-state index contributed by atoms with van der Waals surface area (Å²) in [5, 5.41) is 13.6. The lowest BCUT2D eigenvalue weighted by Crippen LogP contribution is -2.51. The first-order valence-electron chi connectivity index (χ1n) is 7.50. The Morgan fingerprint density at radius 2 is 1.94 bits per heavy atom. The van der Waals surface area contributed by atoms with E-state index >= 15 is 0 Å². The van der Waals surface area contributed by atoms with Gasteiger partial charge in [0, 0.05) is 18.6 Å². The molecule has 3 atom stereocenters. The van der Waals surface area contributed by atoms with Gasteiger partial charge in [0.2, 0.25) is 0 Å². The molecule has 0 saturated heterocycles. The first-order chi connectivity index (χ1) is 8.38. The largest absolute Gasteiger partial charge is 0.391 e. The van der Waals surface area contributed by atoms with Gasteiger partial charge in [0.25, 0.3) is 0 Å². The molecule has 0 spiro atoms. The molecule has 0 aromatic rings. The van der Waals surface area contributed by atoms with Gasteiger partial charge in [-0.25, -0.2) is 0 Å². The Labute approximate surface area is 113 Å². The SMILES string of the molecule is CCNC(C)C(C)(C)CN(C)C1CCCCC1O. The van der Waals surface area contributed by atoms with E-state index < -0.39 is 0 Å². The summed E-state index contributed by atoms with van der Waals surface area (Å²) in [5.74, 6) is 0. The Balaban J connectivity index is 2.53. The van der Waals surface area contributed by atoms with Crippen molar-refractivity contribution in [2.45, 2.75) is 71.6 Å². The van der Waals surface area contributed by atoms with Gasteiger partial charge in [0.15, 0.2) is 0 Å². The minimum atomic E-state index is -0.131. The summed E-state index contributed by atoms with van der Waals surface area (Å²) in [6.07, 6.45) is 4.42. The molecule has 2 N–H and O–H groups in total. The first kappa shape index (κ1) is 15.9. The minimum Gasteiger partial charge on any atom is -0.391 e. The number of aliphatic hydroxyl groups is 1. The molecule has 0 radical (unpaired) electrons. The highest BCUT2D eigenvalue weighted by Crippen LogP contribution is 2.27. The fraction of sp³-hybridized carbons (Fsp3) is 1.00. The first-order valence-corrected chi connectivity index (χ1v) is 7.50. The van der Waals surface area contributed by atoms with Gasteiger partial charge >= 0.3 is 0 Å². The molecule has 0 bridgehead atoms. The van der Waals surface area contributed by atoms with Crippen molar-refractivity contribution in [3.8, 4) is 0 Å². The normalized spacial score (nSPS) is 27.5. The molecular weight excluding hydrogens is 224 g/mol. The fourth-order valence-corrected chi connectivity index (χ4v) is 3.09. The van der Waals surface area contributed by atoms with Crippen molar-refractivity contribution in [3.63, 3.8) is 0 Å². The summed E-state index contributed by atoms with van der Waals surface area (Å²) in [5.41, 5.74) is 0.224. The van der Waals surface area contributed by atoms with Crippen LogP contribution >= 0.6 is 0 Å². The molecule has 3 nitrogen and oxygen atoms in total. The van der Waals surface area contributed by atoms with Crippen LogP contribution in [0.25, 0.3) is 0 Å². The zero-order valence-electron chi connectivity index (χ0n) is 12.9. The quantitative estimate of drug-likeness (QED) is 0.765. The second-order valence-electron chi connectivity index (χ2n) is 6.60. The smallest absolute Gasteiger partial charge is 0.0695 e. The second-order valence-corrected chi connectivity index (χ2v) is 6.60. The Morgan fingerprint density at radius 3 is 2.50 bits per heavy atom. The van der Waals surface area contributed by atoms with E-state index in [1.807, 2.05) is 0 Å². The molecule has 0 aromatic heterocycles. The van der Waals surface area contributed by atoms with Crippen molar-refractivity contribution in [3.05, 3.63) is 0 Å². The summed E-state index contributed by atoms with van der Waals surface area (Å²) in [4.78, 5) is 2.37. The van der Waals surface area contributed by atoms with E-state index in [0.717, 1.165) is 25.9 Å². The van der Waals surface area contributed by atoms with E-state index in [4.69, 9.17) is 0 Å². The molecule has 3 heteroatoms. The Kier molecular flexibility index (Phi) is 6.09. The third-order valence-electron chi connectivity index (χ3n) is 4.60. The summed E-state index contributed by atoms with van der Waals surface area (Å²) >= 11 is 0. The molecule has 3 unspecified atom stereocenters. The van der Waals surface area contributed by atoms with E-state index in [9.17, 15) is 5.11 Å². The van der Waals surface area contributed by atoms with Crippen LogP contribution in [0.4, 0.5) is 0 Å². The van der Waals surface area contributed by atoms with Crippen LogP contribution in [-0.4, -0.2) is 48.3 Å². The summed E-state index contributed by atoms with van der Waals surface area (Å²) in [7, 11) is 2.17. The van der Waals surface area contributed by atoms with Crippen molar-refractivity contribution in [1.29, 1.82) is 0 Å². The Morgan fingerprint density at radius 1 is 1.33 bits per heavy atom. The monoisotopic (exact) mass is 256 g/mol. The van der Waals surface area contributed by atoms with Gasteiger partial charge in [-0.3, -0.25) is 0 Å². The highest BCUT2D eigenvalue weighted by Gasteiger charge is 2.32. The lowest BCUT2D eigenvalue weighted by atomic mass is 9.83. The van der Waals surface area contributed by atoms with Crippen molar-refractivity contribution in [1.82, 2.24) is 10.2 Å². The molecule has 0 aliphatic heterocycles. The van der Waals surface area contributed by atoms with Gasteiger partial charge in [-0.05, 0) is 38.8 Å². The molecule has 0 amide bonds. The Hall–Kier alpha value is -0.120. The molecule has 1 aliphatic rings. The van der Waals surface area contributed by atoms with Crippen molar-refractivity contribution < 1.29 is 5.11 Å². The van der Waals surface area contributed by atoms with E-state index in [1.54, 1.807) is 0 Å². The average molecular weight is 256 g/mol. The van der Waals surface area contributed by atoms with Crippen LogP contribution in [0.2, 0.25) is 0 Å². The van der Waals surface area contributed by atoms with Gasteiger partial charge in [-0.2, -0.15) is 0 Å². The zero-order chi connectivity index (χ0) is 13.8. The predicted molar refractivity (Wildman–Crippen MR) is 77.8 cm³/mol. The number of rotatable bonds is 6. The molecule has 1 aliphatic carbocycles. The fourth-order valence-electron chi connectivity index (χ4n) is 3.09. The minimum absolute atomic E-state index is 0.131. The third-order valence-corrected chi connectivity index (χ3v) is 4.60. The van der Waals surface area contributed by atoms with E-state index in [1.165, 1.54) is 12.8 Å². The van der Waals surface area contributed by atoms with Gasteiger partial charge in [0.1, 0.15) is 0 Å². The molecule has 18 heavy (non-hydrogen) atoms. The van der Waals surface area contributed by atoms with Crippen LogP contribution in [-0.2, 0) is 0 Å². The van der Waals surface area contributed by atoms with Crippen LogP contribution in [0, 0.1) is 5.41 Å². The van der Waals surface area contributed by atoms with Crippen LogP contribution in [0.1, 0.15) is 53.4 Å². The molecule has 108 valence electrons. The lowest BCUT2D eigenvalue weighted by Gasteiger charge is -2.42. The highest BCUT2D eigenvalue weighted by molar-refractivity contribution is 4.88. The Bertz CT molecular complexity index is 243. The third kappa shape index (κ3) is 4.22. The van der Waals surface area contributed by atoms with Crippen LogP contribution in [0.3, 0.4) is 0 Å². The standard InChI is InChI=1S/C15H32N2O/c1-6-16-12(2)15(3,4)11-17(5)13-9-7-8-10-14(13)18/h12-14,16,18H,6-11H2,1-5H3. The van der Waals surface area contributed by atoms with Crippen molar-refractivity contribution >= 4 is 0 Å². The maximum absolute atomic E-state index is 10.1.